The maximum atomic E-state index is 12.9. The van der Waals surface area contributed by atoms with Crippen LogP contribution in [0.5, 0.6) is 0 Å². The molecule has 0 spiro atoms. The van der Waals surface area contributed by atoms with Crippen molar-refractivity contribution in [1.82, 2.24) is 4.31 Å². The summed E-state index contributed by atoms with van der Waals surface area (Å²) in [6.45, 7) is 0.433. The molecule has 1 atom stereocenters. The Morgan fingerprint density at radius 1 is 1.17 bits per heavy atom. The van der Waals surface area contributed by atoms with Crippen LogP contribution >= 0.6 is 23.4 Å². The molecular formula is C16H13ClN2O2S2. The van der Waals surface area contributed by atoms with E-state index in [1.54, 1.807) is 17.8 Å². The van der Waals surface area contributed by atoms with Gasteiger partial charge in [-0.05, 0) is 35.9 Å². The molecule has 0 radical (unpaired) electrons. The standard InChI is InChI=1S/C16H13ClN2O2S2/c17-15-4-2-1-3-14(15)16-19(9-10-22-16)23(20,21)13-7-5-12(11-18)6-8-13/h1-8,16H,9-10H2. The predicted molar refractivity (Wildman–Crippen MR) is 91.7 cm³/mol. The molecule has 2 aromatic rings. The Balaban J connectivity index is 1.98. The minimum absolute atomic E-state index is 0.191. The highest BCUT2D eigenvalue weighted by Crippen LogP contribution is 2.43. The van der Waals surface area contributed by atoms with Gasteiger partial charge in [0.2, 0.25) is 10.0 Å². The Hall–Kier alpha value is -1.52. The maximum Gasteiger partial charge on any atom is 0.244 e. The molecule has 0 saturated carbocycles. The first-order valence-electron chi connectivity index (χ1n) is 6.92. The van der Waals surface area contributed by atoms with E-state index in [4.69, 9.17) is 16.9 Å². The Morgan fingerprint density at radius 2 is 1.87 bits per heavy atom. The zero-order valence-electron chi connectivity index (χ0n) is 12.0. The van der Waals surface area contributed by atoms with Gasteiger partial charge in [-0.25, -0.2) is 8.42 Å². The third kappa shape index (κ3) is 3.10. The Bertz CT molecular complexity index is 860. The quantitative estimate of drug-likeness (QED) is 0.834. The maximum absolute atomic E-state index is 12.9. The lowest BCUT2D eigenvalue weighted by Gasteiger charge is -2.24. The molecule has 4 nitrogen and oxygen atoms in total. The number of hydrogen-bond donors (Lipinski definition) is 0. The van der Waals surface area contributed by atoms with Crippen LogP contribution in [0.4, 0.5) is 0 Å². The Labute approximate surface area is 144 Å². The highest BCUT2D eigenvalue weighted by atomic mass is 35.5. The first kappa shape index (κ1) is 16.3. The van der Waals surface area contributed by atoms with Gasteiger partial charge in [-0.2, -0.15) is 9.57 Å². The lowest BCUT2D eigenvalue weighted by molar-refractivity contribution is 0.434. The van der Waals surface area contributed by atoms with Crippen LogP contribution in [0.25, 0.3) is 0 Å². The molecule has 0 N–H and O–H groups in total. The fourth-order valence-electron chi connectivity index (χ4n) is 2.46. The predicted octanol–water partition coefficient (Wildman–Crippen LogP) is 3.65. The number of halogens is 1. The van der Waals surface area contributed by atoms with Crippen LogP contribution in [-0.2, 0) is 10.0 Å². The van der Waals surface area contributed by atoms with Crippen LogP contribution in [0.2, 0.25) is 5.02 Å². The molecule has 7 heteroatoms. The summed E-state index contributed by atoms with van der Waals surface area (Å²) in [4.78, 5) is 0.191. The molecule has 1 saturated heterocycles. The molecule has 3 rings (SSSR count). The molecule has 23 heavy (non-hydrogen) atoms. The highest BCUT2D eigenvalue weighted by molar-refractivity contribution is 8.01. The van der Waals surface area contributed by atoms with Crippen molar-refractivity contribution in [1.29, 1.82) is 5.26 Å². The SMILES string of the molecule is N#Cc1ccc(S(=O)(=O)N2CCSC2c2ccccc2Cl)cc1. The van der Waals surface area contributed by atoms with Gasteiger partial charge in [-0.1, -0.05) is 29.8 Å². The number of benzene rings is 2. The summed E-state index contributed by atoms with van der Waals surface area (Å²) in [6.07, 6.45) is 0. The molecule has 1 heterocycles. The largest absolute Gasteiger partial charge is 0.244 e. The first-order chi connectivity index (χ1) is 11.0. The zero-order valence-corrected chi connectivity index (χ0v) is 14.4. The Kier molecular flexibility index (Phi) is 4.64. The zero-order chi connectivity index (χ0) is 16.4. The smallest absolute Gasteiger partial charge is 0.207 e. The second-order valence-electron chi connectivity index (χ2n) is 5.00. The number of hydrogen-bond acceptors (Lipinski definition) is 4. The minimum Gasteiger partial charge on any atom is -0.207 e. The molecule has 1 fully saturated rings. The van der Waals surface area contributed by atoms with Crippen LogP contribution in [0.1, 0.15) is 16.5 Å². The highest BCUT2D eigenvalue weighted by Gasteiger charge is 2.37. The molecule has 1 unspecified atom stereocenters. The summed E-state index contributed by atoms with van der Waals surface area (Å²) in [5.41, 5.74) is 1.23. The summed E-state index contributed by atoms with van der Waals surface area (Å²) in [5, 5.41) is 9.07. The van der Waals surface area contributed by atoms with Gasteiger partial charge in [-0.15, -0.1) is 11.8 Å². The normalized spacial score (nSPS) is 18.7. The van der Waals surface area contributed by atoms with Crippen molar-refractivity contribution < 1.29 is 8.42 Å². The molecule has 0 bridgehead atoms. The van der Waals surface area contributed by atoms with Crippen LogP contribution in [0, 0.1) is 11.3 Å². The fourth-order valence-corrected chi connectivity index (χ4v) is 6.03. The van der Waals surface area contributed by atoms with Crippen LogP contribution in [-0.4, -0.2) is 25.0 Å². The third-order valence-electron chi connectivity index (χ3n) is 3.61. The number of rotatable bonds is 3. The van der Waals surface area contributed by atoms with Crippen molar-refractivity contribution in [2.24, 2.45) is 0 Å². The first-order valence-corrected chi connectivity index (χ1v) is 9.79. The van der Waals surface area contributed by atoms with E-state index in [9.17, 15) is 8.42 Å². The van der Waals surface area contributed by atoms with Crippen LogP contribution < -0.4 is 0 Å². The summed E-state index contributed by atoms with van der Waals surface area (Å²) in [6, 6.07) is 15.3. The van der Waals surface area contributed by atoms with Crippen LogP contribution in [0.3, 0.4) is 0 Å². The second kappa shape index (κ2) is 6.54. The number of sulfonamides is 1. The van der Waals surface area contributed by atoms with Crippen molar-refractivity contribution in [2.45, 2.75) is 10.3 Å². The van der Waals surface area contributed by atoms with Gasteiger partial charge in [0, 0.05) is 17.3 Å². The van der Waals surface area contributed by atoms with Crippen molar-refractivity contribution in [3.8, 4) is 6.07 Å². The van der Waals surface area contributed by atoms with Gasteiger partial charge in [0.05, 0.1) is 21.9 Å². The molecule has 2 aromatic carbocycles. The number of nitriles is 1. The third-order valence-corrected chi connectivity index (χ3v) is 7.21. The average molecular weight is 365 g/mol. The number of nitrogens with zero attached hydrogens (tertiary/aromatic N) is 2. The van der Waals surface area contributed by atoms with E-state index in [0.29, 0.717) is 22.9 Å². The van der Waals surface area contributed by atoms with E-state index in [1.807, 2.05) is 24.3 Å². The summed E-state index contributed by atoms with van der Waals surface area (Å²) in [7, 11) is -3.63. The molecular weight excluding hydrogens is 352 g/mol. The van der Waals surface area contributed by atoms with E-state index < -0.39 is 10.0 Å². The van der Waals surface area contributed by atoms with Crippen LogP contribution in [0.15, 0.2) is 53.4 Å². The fraction of sp³-hybridized carbons (Fsp3) is 0.188. The van der Waals surface area contributed by atoms with E-state index in [0.717, 1.165) is 5.56 Å². The summed E-state index contributed by atoms with van der Waals surface area (Å²) in [5.74, 6) is 0.714. The topological polar surface area (TPSA) is 61.2 Å². The average Bonchev–Trinajstić information content (AvgIpc) is 3.05. The molecule has 1 aliphatic heterocycles. The Morgan fingerprint density at radius 3 is 2.52 bits per heavy atom. The van der Waals surface area contributed by atoms with E-state index >= 15 is 0 Å². The van der Waals surface area contributed by atoms with E-state index in [2.05, 4.69) is 0 Å². The number of thioether (sulfide) groups is 1. The van der Waals surface area contributed by atoms with Gasteiger partial charge in [0.25, 0.3) is 0 Å². The lowest BCUT2D eigenvalue weighted by Crippen LogP contribution is -2.30. The van der Waals surface area contributed by atoms with Gasteiger partial charge in [0.15, 0.2) is 0 Å². The summed E-state index contributed by atoms with van der Waals surface area (Å²) < 4.78 is 27.3. The van der Waals surface area contributed by atoms with Gasteiger partial charge in [-0.3, -0.25) is 0 Å². The van der Waals surface area contributed by atoms with Crippen molar-refractivity contribution in [3.05, 3.63) is 64.7 Å². The second-order valence-corrected chi connectivity index (χ2v) is 8.48. The lowest BCUT2D eigenvalue weighted by atomic mass is 10.2. The van der Waals surface area contributed by atoms with Gasteiger partial charge < -0.3 is 0 Å². The monoisotopic (exact) mass is 364 g/mol. The molecule has 0 aliphatic carbocycles. The van der Waals surface area contributed by atoms with E-state index in [1.165, 1.54) is 28.6 Å². The molecule has 0 amide bonds. The summed E-state index contributed by atoms with van der Waals surface area (Å²) >= 11 is 7.79. The van der Waals surface area contributed by atoms with E-state index in [-0.39, 0.29) is 10.3 Å². The van der Waals surface area contributed by atoms with Gasteiger partial charge in [0.1, 0.15) is 0 Å². The molecule has 0 aromatic heterocycles. The molecule has 118 valence electrons. The van der Waals surface area contributed by atoms with Crippen molar-refractivity contribution in [3.63, 3.8) is 0 Å². The minimum atomic E-state index is -3.63. The van der Waals surface area contributed by atoms with Crippen molar-refractivity contribution in [2.75, 3.05) is 12.3 Å². The molecule has 1 aliphatic rings. The van der Waals surface area contributed by atoms with Crippen molar-refractivity contribution >= 4 is 33.4 Å². The van der Waals surface area contributed by atoms with Gasteiger partial charge >= 0.3 is 0 Å².